The van der Waals surface area contributed by atoms with Crippen molar-refractivity contribution >= 4 is 33.1 Å². The summed E-state index contributed by atoms with van der Waals surface area (Å²) in [4.78, 5) is 29.6. The van der Waals surface area contributed by atoms with Gasteiger partial charge in [0.1, 0.15) is 30.2 Å². The summed E-state index contributed by atoms with van der Waals surface area (Å²) in [5.74, 6) is 0.110. The zero-order valence-electron chi connectivity index (χ0n) is 12.8. The molecule has 0 aliphatic carbocycles. The van der Waals surface area contributed by atoms with Crippen molar-refractivity contribution in [3.05, 3.63) is 12.7 Å². The maximum atomic E-state index is 11.4. The lowest BCUT2D eigenvalue weighted by atomic mass is 10.1. The highest BCUT2D eigenvalue weighted by atomic mass is 31.2. The summed E-state index contributed by atoms with van der Waals surface area (Å²) in [5.41, 5.74) is 6.18. The third-order valence-corrected chi connectivity index (χ3v) is 5.62. The number of nitrogens with zero attached hydrogens (tertiary/aromatic N) is 4. The maximum absolute atomic E-state index is 11.4. The van der Waals surface area contributed by atoms with Gasteiger partial charge in [-0.05, 0) is 0 Å². The predicted molar refractivity (Wildman–Crippen MR) is 83.7 cm³/mol. The molecule has 0 aromatic carbocycles. The summed E-state index contributed by atoms with van der Waals surface area (Å²) in [7, 11) is -8.53. The summed E-state index contributed by atoms with van der Waals surface area (Å²) in [6, 6.07) is 0. The largest absolute Gasteiger partial charge is 0.479 e. The topological polar surface area (TPSA) is 212 Å². The smallest absolute Gasteiger partial charge is 0.387 e. The first-order chi connectivity index (χ1) is 12.2. The van der Waals surface area contributed by atoms with Gasteiger partial charge in [-0.2, -0.15) is 0 Å². The van der Waals surface area contributed by atoms with Crippen LogP contribution in [0.2, 0.25) is 0 Å². The lowest BCUT2D eigenvalue weighted by Crippen LogP contribution is -2.33. The van der Waals surface area contributed by atoms with Crippen molar-refractivity contribution < 1.29 is 42.7 Å². The molecule has 16 heteroatoms. The van der Waals surface area contributed by atoms with E-state index in [0.29, 0.717) is 0 Å². The van der Waals surface area contributed by atoms with Gasteiger partial charge in [-0.25, -0.2) is 23.8 Å². The van der Waals surface area contributed by atoms with Crippen LogP contribution in [-0.2, 0) is 22.7 Å². The Labute approximate surface area is 145 Å². The van der Waals surface area contributed by atoms with Crippen LogP contribution in [0.25, 0.3) is 11.2 Å². The molecule has 1 aliphatic heterocycles. The number of aliphatic hydroxyl groups excluding tert-OH is 2. The Kier molecular flexibility index (Phi) is 5.40. The van der Waals surface area contributed by atoms with E-state index in [1.807, 2.05) is 0 Å². The van der Waals surface area contributed by atoms with E-state index in [1.54, 1.807) is 0 Å². The molecule has 2 aromatic rings. The van der Waals surface area contributed by atoms with Crippen LogP contribution in [0.1, 0.15) is 6.23 Å². The molecule has 0 amide bonds. The molecule has 3 rings (SSSR count). The van der Waals surface area contributed by atoms with E-state index in [9.17, 15) is 24.2 Å². The summed E-state index contributed by atoms with van der Waals surface area (Å²) in [6.45, 7) is -0.693. The first-order valence-corrected chi connectivity index (χ1v) is 9.80. The molecule has 144 valence electrons. The molecule has 0 bridgehead atoms. The highest BCUT2D eigenvalue weighted by molar-refractivity contribution is 7.55. The molecule has 3 heterocycles. The first kappa shape index (κ1) is 19.3. The lowest BCUT2D eigenvalue weighted by Gasteiger charge is -2.17. The molecule has 6 atom stereocenters. The number of nitrogens with two attached hydrogens (primary N) is 1. The van der Waals surface area contributed by atoms with Crippen LogP contribution in [0.3, 0.4) is 0 Å². The van der Waals surface area contributed by atoms with E-state index in [0.717, 1.165) is 0 Å². The molecule has 0 spiro atoms. The second-order valence-corrected chi connectivity index (χ2v) is 7.71. The minimum Gasteiger partial charge on any atom is -0.387 e. The Balaban J connectivity index is 1.76. The van der Waals surface area contributed by atoms with Crippen LogP contribution in [0.15, 0.2) is 12.7 Å². The second-order valence-electron chi connectivity index (χ2n) is 5.25. The molecule has 1 fully saturated rings. The molecular formula is C10H15N5O9P2. The molecular weight excluding hydrogens is 396 g/mol. The summed E-state index contributed by atoms with van der Waals surface area (Å²) in [6.07, 6.45) is -2.87. The van der Waals surface area contributed by atoms with Crippen molar-refractivity contribution in [1.82, 2.24) is 19.5 Å². The number of fused-ring (bicyclic) bond motifs is 1. The SMILES string of the molecule is Nc1ncnc2c1ncn2C1OC(COP(=O)(O)O[PH](=O)O)C(O)C1O. The zero-order chi connectivity index (χ0) is 19.1. The Bertz CT molecular complexity index is 878. The third-order valence-electron chi connectivity index (χ3n) is 3.59. The summed E-state index contributed by atoms with van der Waals surface area (Å²) < 4.78 is 37.0. The number of aliphatic hydroxyl groups is 2. The Morgan fingerprint density at radius 1 is 1.35 bits per heavy atom. The average Bonchev–Trinajstić information content (AvgIpc) is 3.08. The standard InChI is InChI=1S/C10H15N5O9P2/c11-8-5-9(13-2-12-8)15(3-14-5)10-7(17)6(16)4(23-10)1-22-26(20,21)24-25(18)19/h2-4,6-7,10,16-17,25H,1H2,(H,18,19)(H,20,21)(H2,11,12,13). The van der Waals surface area contributed by atoms with E-state index < -0.39 is 47.2 Å². The van der Waals surface area contributed by atoms with Gasteiger partial charge in [0.2, 0.25) is 0 Å². The molecule has 14 nitrogen and oxygen atoms in total. The van der Waals surface area contributed by atoms with Gasteiger partial charge in [-0.15, -0.1) is 0 Å². The van der Waals surface area contributed by atoms with Crippen molar-refractivity contribution in [3.8, 4) is 0 Å². The monoisotopic (exact) mass is 411 g/mol. The Hall–Kier alpha value is -1.47. The Morgan fingerprint density at radius 2 is 2.08 bits per heavy atom. The summed E-state index contributed by atoms with van der Waals surface area (Å²) >= 11 is 0. The van der Waals surface area contributed by atoms with Gasteiger partial charge < -0.3 is 30.5 Å². The molecule has 6 N–H and O–H groups in total. The number of hydrogen-bond donors (Lipinski definition) is 5. The minimum atomic E-state index is -4.82. The molecule has 26 heavy (non-hydrogen) atoms. The quantitative estimate of drug-likeness (QED) is 0.344. The number of anilines is 1. The molecule has 6 unspecified atom stereocenters. The van der Waals surface area contributed by atoms with E-state index in [4.69, 9.17) is 15.4 Å². The molecule has 1 aliphatic rings. The van der Waals surface area contributed by atoms with Crippen molar-refractivity contribution in [2.45, 2.75) is 24.5 Å². The van der Waals surface area contributed by atoms with Gasteiger partial charge in [0.05, 0.1) is 12.9 Å². The van der Waals surface area contributed by atoms with Crippen LogP contribution in [0, 0.1) is 0 Å². The molecule has 0 radical (unpaired) electrons. The first-order valence-electron chi connectivity index (χ1n) is 7.04. The minimum absolute atomic E-state index is 0.110. The van der Waals surface area contributed by atoms with E-state index in [2.05, 4.69) is 23.8 Å². The second kappa shape index (κ2) is 7.27. The van der Waals surface area contributed by atoms with Crippen molar-refractivity contribution in [2.24, 2.45) is 0 Å². The number of hydrogen-bond acceptors (Lipinski definition) is 11. The van der Waals surface area contributed by atoms with E-state index in [1.165, 1.54) is 17.2 Å². The molecule has 1 saturated heterocycles. The van der Waals surface area contributed by atoms with Crippen LogP contribution in [0.4, 0.5) is 5.82 Å². The van der Waals surface area contributed by atoms with Crippen LogP contribution < -0.4 is 5.73 Å². The van der Waals surface area contributed by atoms with Gasteiger partial charge in [0.15, 0.2) is 17.7 Å². The predicted octanol–water partition coefficient (Wildman–Crippen LogP) is -1.46. The fourth-order valence-corrected chi connectivity index (χ4v) is 3.78. The lowest BCUT2D eigenvalue weighted by molar-refractivity contribution is -0.0501. The van der Waals surface area contributed by atoms with E-state index >= 15 is 0 Å². The molecule has 0 saturated carbocycles. The molecule has 2 aromatic heterocycles. The highest BCUT2D eigenvalue weighted by Gasteiger charge is 2.45. The van der Waals surface area contributed by atoms with Gasteiger partial charge in [0, 0.05) is 0 Å². The normalized spacial score (nSPS) is 29.7. The van der Waals surface area contributed by atoms with Crippen molar-refractivity contribution in [1.29, 1.82) is 0 Å². The van der Waals surface area contributed by atoms with Crippen molar-refractivity contribution in [3.63, 3.8) is 0 Å². The fraction of sp³-hybridized carbons (Fsp3) is 0.500. The number of rotatable bonds is 6. The highest BCUT2D eigenvalue weighted by Crippen LogP contribution is 2.51. The number of imidazole rings is 1. The third kappa shape index (κ3) is 3.78. The zero-order valence-corrected chi connectivity index (χ0v) is 14.7. The fourth-order valence-electron chi connectivity index (χ4n) is 2.45. The number of phosphoric ester groups is 1. The number of ether oxygens (including phenoxy) is 1. The van der Waals surface area contributed by atoms with Crippen molar-refractivity contribution in [2.75, 3.05) is 12.3 Å². The van der Waals surface area contributed by atoms with Gasteiger partial charge >= 0.3 is 16.1 Å². The van der Waals surface area contributed by atoms with Gasteiger partial charge in [-0.3, -0.25) is 13.7 Å². The number of nitrogen functional groups attached to an aromatic ring is 1. The van der Waals surface area contributed by atoms with Gasteiger partial charge in [0.25, 0.3) is 0 Å². The Morgan fingerprint density at radius 3 is 2.77 bits per heavy atom. The summed E-state index contributed by atoms with van der Waals surface area (Å²) in [5, 5.41) is 20.3. The maximum Gasteiger partial charge on any atom is 0.479 e. The van der Waals surface area contributed by atoms with Crippen LogP contribution in [-0.4, -0.2) is 64.4 Å². The number of phosphoric acid groups is 1. The van der Waals surface area contributed by atoms with Gasteiger partial charge in [-0.1, -0.05) is 0 Å². The van der Waals surface area contributed by atoms with Crippen LogP contribution in [0.5, 0.6) is 0 Å². The number of aromatic nitrogens is 4. The van der Waals surface area contributed by atoms with Crippen LogP contribution >= 0.6 is 16.1 Å². The average molecular weight is 411 g/mol. The van der Waals surface area contributed by atoms with E-state index in [-0.39, 0.29) is 17.0 Å².